The van der Waals surface area contributed by atoms with E-state index in [4.69, 9.17) is 0 Å². The highest BCUT2D eigenvalue weighted by Crippen LogP contribution is 2.17. The molecular weight excluding hydrogens is 393 g/mol. The Bertz CT molecular complexity index is 1130. The number of guanidine groups is 1. The van der Waals surface area contributed by atoms with E-state index in [1.54, 1.807) is 6.07 Å². The summed E-state index contributed by atoms with van der Waals surface area (Å²) in [7, 11) is 0. The summed E-state index contributed by atoms with van der Waals surface area (Å²) in [5.74, 6) is -0.607. The number of aromatic nitrogens is 2. The summed E-state index contributed by atoms with van der Waals surface area (Å²) in [6.45, 7) is 11.1. The Hall–Kier alpha value is -3.48. The molecule has 0 saturated carbocycles. The normalized spacial score (nSPS) is 11.5. The number of rotatable bonds is 5. The molecule has 3 rings (SSSR count). The largest absolute Gasteiger partial charge is 0.326 e. The highest BCUT2D eigenvalue weighted by molar-refractivity contribution is 6.10. The molecule has 0 aliphatic heterocycles. The van der Waals surface area contributed by atoms with Crippen molar-refractivity contribution in [2.24, 2.45) is 4.99 Å². The molecule has 0 spiro atoms. The van der Waals surface area contributed by atoms with Gasteiger partial charge in [-0.3, -0.25) is 14.8 Å². The van der Waals surface area contributed by atoms with Crippen molar-refractivity contribution in [3.8, 4) is 0 Å². The van der Waals surface area contributed by atoms with E-state index in [0.29, 0.717) is 12.5 Å². The molecule has 2 N–H and O–H groups in total. The number of carbonyl (C=O) groups excluding carboxylic acids is 1. The van der Waals surface area contributed by atoms with Gasteiger partial charge < -0.3 is 5.32 Å². The average Bonchev–Trinajstić information content (AvgIpc) is 3.01. The molecule has 31 heavy (non-hydrogen) atoms. The molecule has 162 valence electrons. The number of hydrogen-bond acceptors (Lipinski definition) is 3. The van der Waals surface area contributed by atoms with E-state index in [9.17, 15) is 9.18 Å². The molecule has 0 aliphatic rings. The Kier molecular flexibility index (Phi) is 6.84. The van der Waals surface area contributed by atoms with E-state index in [2.05, 4.69) is 20.7 Å². The van der Waals surface area contributed by atoms with Gasteiger partial charge in [-0.2, -0.15) is 5.10 Å². The second kappa shape index (κ2) is 9.55. The summed E-state index contributed by atoms with van der Waals surface area (Å²) in [6.07, 6.45) is 0. The van der Waals surface area contributed by atoms with Crippen molar-refractivity contribution in [2.45, 2.75) is 47.7 Å². The van der Waals surface area contributed by atoms with E-state index in [1.165, 1.54) is 18.2 Å². The first-order valence-corrected chi connectivity index (χ1v) is 10.3. The molecule has 1 amide bonds. The van der Waals surface area contributed by atoms with Crippen molar-refractivity contribution in [3.63, 3.8) is 0 Å². The SMILES string of the molecule is CCn1nc(C)c(CN=C(NC(=O)c2cccc(F)c2)Nc2ccc(C)cc2C)c1C. The molecule has 1 heterocycles. The Morgan fingerprint density at radius 2 is 1.90 bits per heavy atom. The Morgan fingerprint density at radius 3 is 2.55 bits per heavy atom. The van der Waals surface area contributed by atoms with Crippen LogP contribution >= 0.6 is 0 Å². The van der Waals surface area contributed by atoms with Crippen molar-refractivity contribution in [1.82, 2.24) is 15.1 Å². The first-order valence-electron chi connectivity index (χ1n) is 10.3. The Balaban J connectivity index is 1.90. The maximum Gasteiger partial charge on any atom is 0.258 e. The first-order chi connectivity index (χ1) is 14.8. The molecule has 0 atom stereocenters. The lowest BCUT2D eigenvalue weighted by atomic mass is 10.1. The fourth-order valence-corrected chi connectivity index (χ4v) is 3.43. The van der Waals surface area contributed by atoms with Crippen LogP contribution in [0.1, 0.15) is 45.4 Å². The predicted molar refractivity (Wildman–Crippen MR) is 122 cm³/mol. The molecule has 0 bridgehead atoms. The van der Waals surface area contributed by atoms with Gasteiger partial charge in [0.1, 0.15) is 5.82 Å². The van der Waals surface area contributed by atoms with Gasteiger partial charge in [-0.15, -0.1) is 0 Å². The summed E-state index contributed by atoms with van der Waals surface area (Å²) < 4.78 is 15.5. The minimum absolute atomic E-state index is 0.223. The lowest BCUT2D eigenvalue weighted by molar-refractivity contribution is 0.0976. The number of benzene rings is 2. The number of hydrogen-bond donors (Lipinski definition) is 2. The number of amides is 1. The molecule has 1 aromatic heterocycles. The zero-order chi connectivity index (χ0) is 22.5. The van der Waals surface area contributed by atoms with Gasteiger partial charge in [0.25, 0.3) is 5.91 Å². The maximum absolute atomic E-state index is 13.6. The number of aliphatic imine (C=N–C) groups is 1. The van der Waals surface area contributed by atoms with Gasteiger partial charge >= 0.3 is 0 Å². The van der Waals surface area contributed by atoms with Crippen LogP contribution in [-0.2, 0) is 13.1 Å². The van der Waals surface area contributed by atoms with Crippen LogP contribution in [0.2, 0.25) is 0 Å². The highest BCUT2D eigenvalue weighted by Gasteiger charge is 2.14. The van der Waals surface area contributed by atoms with Crippen molar-refractivity contribution in [2.75, 3.05) is 5.32 Å². The van der Waals surface area contributed by atoms with Crippen molar-refractivity contribution >= 4 is 17.6 Å². The van der Waals surface area contributed by atoms with Crippen LogP contribution in [0.4, 0.5) is 10.1 Å². The van der Waals surface area contributed by atoms with E-state index >= 15 is 0 Å². The number of halogens is 1. The third-order valence-electron chi connectivity index (χ3n) is 5.18. The van der Waals surface area contributed by atoms with Crippen LogP contribution in [0, 0.1) is 33.5 Å². The molecule has 0 saturated heterocycles. The molecule has 2 aromatic carbocycles. The molecule has 0 fully saturated rings. The standard InChI is InChI=1S/C24H28FN5O/c1-6-30-18(5)21(17(4)29-30)14-26-24(27-22-11-10-15(2)12-16(22)3)28-23(31)19-8-7-9-20(25)13-19/h7-13H,6,14H2,1-5H3,(H2,26,27,28,31). The van der Waals surface area contributed by atoms with Crippen LogP contribution in [0.3, 0.4) is 0 Å². The van der Waals surface area contributed by atoms with Crippen LogP contribution in [0.25, 0.3) is 0 Å². The fourth-order valence-electron chi connectivity index (χ4n) is 3.43. The van der Waals surface area contributed by atoms with E-state index in [1.807, 2.05) is 57.5 Å². The molecule has 6 nitrogen and oxygen atoms in total. The quantitative estimate of drug-likeness (QED) is 0.464. The molecule has 3 aromatic rings. The zero-order valence-corrected chi connectivity index (χ0v) is 18.6. The minimum Gasteiger partial charge on any atom is -0.326 e. The van der Waals surface area contributed by atoms with Crippen LogP contribution in [0.5, 0.6) is 0 Å². The zero-order valence-electron chi connectivity index (χ0n) is 18.6. The number of nitrogens with one attached hydrogen (secondary N) is 2. The van der Waals surface area contributed by atoms with Crippen LogP contribution < -0.4 is 10.6 Å². The van der Waals surface area contributed by atoms with Crippen LogP contribution in [0.15, 0.2) is 47.5 Å². The first kappa shape index (κ1) is 22.2. The van der Waals surface area contributed by atoms with Gasteiger partial charge in [0, 0.05) is 29.1 Å². The third kappa shape index (κ3) is 5.36. The summed E-state index contributed by atoms with van der Waals surface area (Å²) in [4.78, 5) is 17.4. The Morgan fingerprint density at radius 1 is 1.13 bits per heavy atom. The fraction of sp³-hybridized carbons (Fsp3) is 0.292. The molecule has 7 heteroatoms. The molecule has 0 aliphatic carbocycles. The van der Waals surface area contributed by atoms with E-state index in [-0.39, 0.29) is 5.56 Å². The number of anilines is 1. The number of nitrogens with zero attached hydrogens (tertiary/aromatic N) is 3. The smallest absolute Gasteiger partial charge is 0.258 e. The van der Waals surface area contributed by atoms with Gasteiger partial charge in [-0.05, 0) is 64.4 Å². The van der Waals surface area contributed by atoms with Crippen molar-refractivity contribution in [3.05, 3.63) is 81.9 Å². The van der Waals surface area contributed by atoms with Gasteiger partial charge in [0.15, 0.2) is 0 Å². The lowest BCUT2D eigenvalue weighted by Gasteiger charge is -2.14. The monoisotopic (exact) mass is 421 g/mol. The van der Waals surface area contributed by atoms with E-state index in [0.717, 1.165) is 40.3 Å². The summed E-state index contributed by atoms with van der Waals surface area (Å²) in [5, 5.41) is 10.5. The second-order valence-electron chi connectivity index (χ2n) is 7.54. The van der Waals surface area contributed by atoms with Crippen molar-refractivity contribution < 1.29 is 9.18 Å². The second-order valence-corrected chi connectivity index (χ2v) is 7.54. The van der Waals surface area contributed by atoms with Gasteiger partial charge in [0.05, 0.1) is 12.2 Å². The Labute approximate surface area is 182 Å². The summed E-state index contributed by atoms with van der Waals surface area (Å²) in [5.41, 5.74) is 6.20. The van der Waals surface area contributed by atoms with Gasteiger partial charge in [-0.1, -0.05) is 23.8 Å². The molecule has 0 unspecified atom stereocenters. The average molecular weight is 422 g/mol. The van der Waals surface area contributed by atoms with Crippen LogP contribution in [-0.4, -0.2) is 21.6 Å². The summed E-state index contributed by atoms with van der Waals surface area (Å²) in [6, 6.07) is 11.5. The summed E-state index contributed by atoms with van der Waals surface area (Å²) >= 11 is 0. The topological polar surface area (TPSA) is 71.3 Å². The van der Waals surface area contributed by atoms with E-state index < -0.39 is 11.7 Å². The minimum atomic E-state index is -0.466. The van der Waals surface area contributed by atoms with Gasteiger partial charge in [0.2, 0.25) is 5.96 Å². The lowest BCUT2D eigenvalue weighted by Crippen LogP contribution is -2.36. The predicted octanol–water partition coefficient (Wildman–Crippen LogP) is 4.67. The maximum atomic E-state index is 13.6. The number of aryl methyl sites for hydroxylation is 4. The van der Waals surface area contributed by atoms with Crippen molar-refractivity contribution in [1.29, 1.82) is 0 Å². The highest BCUT2D eigenvalue weighted by atomic mass is 19.1. The number of carbonyl (C=O) groups is 1. The molecule has 0 radical (unpaired) electrons. The molecular formula is C24H28FN5O. The third-order valence-corrected chi connectivity index (χ3v) is 5.18. The van der Waals surface area contributed by atoms with Gasteiger partial charge in [-0.25, -0.2) is 9.38 Å².